The number of aliphatic hydroxyl groups is 1. The van der Waals surface area contributed by atoms with Gasteiger partial charge in [-0.15, -0.1) is 0 Å². The van der Waals surface area contributed by atoms with E-state index in [0.29, 0.717) is 11.8 Å². The molecule has 0 heterocycles. The highest BCUT2D eigenvalue weighted by Crippen LogP contribution is 2.38. The number of nitro groups is 1. The number of hydrogen-bond acceptors (Lipinski definition) is 6. The van der Waals surface area contributed by atoms with Crippen LogP contribution in [0.1, 0.15) is 41.4 Å². The zero-order valence-electron chi connectivity index (χ0n) is 20.9. The van der Waals surface area contributed by atoms with Crippen molar-refractivity contribution in [1.82, 2.24) is 10.1 Å². The third kappa shape index (κ3) is 6.74. The lowest BCUT2D eigenvalue weighted by atomic mass is 9.77. The second-order valence-electron chi connectivity index (χ2n) is 9.22. The number of benzene rings is 4. The van der Waals surface area contributed by atoms with Gasteiger partial charge in [0.15, 0.2) is 5.03 Å². The van der Waals surface area contributed by atoms with E-state index in [2.05, 4.69) is 72.0 Å². The van der Waals surface area contributed by atoms with Gasteiger partial charge in [-0.1, -0.05) is 84.9 Å². The van der Waals surface area contributed by atoms with E-state index in [4.69, 9.17) is 0 Å². The molecule has 0 aromatic heterocycles. The van der Waals surface area contributed by atoms with Gasteiger partial charge in [0.25, 0.3) is 0 Å². The summed E-state index contributed by atoms with van der Waals surface area (Å²) in [6.45, 7) is 2.13. The zero-order valence-corrected chi connectivity index (χ0v) is 21.7. The number of hydrogen-bond donors (Lipinski definition) is 3. The van der Waals surface area contributed by atoms with Crippen LogP contribution in [0.15, 0.2) is 102 Å². The van der Waals surface area contributed by atoms with E-state index in [9.17, 15) is 23.6 Å². The highest BCUT2D eigenvalue weighted by molar-refractivity contribution is 7.89. The Hall–Kier alpha value is -3.79. The van der Waals surface area contributed by atoms with Crippen LogP contribution in [0.2, 0.25) is 0 Å². The Labute approximate surface area is 222 Å². The number of fused-ring (bicyclic) bond motifs is 2. The first-order valence-electron chi connectivity index (χ1n) is 12.5. The van der Waals surface area contributed by atoms with Gasteiger partial charge in [-0.2, -0.15) is 8.42 Å². The molecule has 2 atom stereocenters. The first kappa shape index (κ1) is 27.3. The molecule has 0 saturated heterocycles. The molecule has 0 spiro atoms. The summed E-state index contributed by atoms with van der Waals surface area (Å²) in [5.41, 5.74) is 4.11. The SMILES string of the molecule is O=[N+]([O-])NS(=O)(=O)c1ccccc1.OCC1CCC(CNCc2cccc3ccccc23)c2ccccc21. The van der Waals surface area contributed by atoms with Crippen molar-refractivity contribution in [1.29, 1.82) is 0 Å². The van der Waals surface area contributed by atoms with Gasteiger partial charge in [0.2, 0.25) is 0 Å². The topological polar surface area (TPSA) is 122 Å². The Morgan fingerprint density at radius 1 is 0.816 bits per heavy atom. The summed E-state index contributed by atoms with van der Waals surface area (Å²) >= 11 is 0. The minimum Gasteiger partial charge on any atom is -0.396 e. The van der Waals surface area contributed by atoms with Gasteiger partial charge >= 0.3 is 10.0 Å². The third-order valence-corrected chi connectivity index (χ3v) is 8.08. The van der Waals surface area contributed by atoms with Crippen LogP contribution >= 0.6 is 0 Å². The molecule has 0 amide bonds. The van der Waals surface area contributed by atoms with Gasteiger partial charge in [0, 0.05) is 25.6 Å². The maximum Gasteiger partial charge on any atom is 0.311 e. The number of sulfonamides is 1. The Bertz CT molecular complexity index is 1470. The lowest BCUT2D eigenvalue weighted by Gasteiger charge is -2.31. The number of nitrogens with one attached hydrogen (secondary N) is 2. The van der Waals surface area contributed by atoms with Gasteiger partial charge in [0.05, 0.1) is 4.90 Å². The molecular formula is C29H31N3O5S. The van der Waals surface area contributed by atoms with E-state index in [0.717, 1.165) is 25.9 Å². The molecule has 1 aliphatic carbocycles. The lowest BCUT2D eigenvalue weighted by Crippen LogP contribution is -2.29. The summed E-state index contributed by atoms with van der Waals surface area (Å²) in [7, 11) is -4.01. The molecule has 1 aliphatic rings. The van der Waals surface area contributed by atoms with E-state index >= 15 is 0 Å². The molecule has 0 aliphatic heterocycles. The normalized spacial score (nSPS) is 16.7. The van der Waals surface area contributed by atoms with Gasteiger partial charge in [0.1, 0.15) is 0 Å². The van der Waals surface area contributed by atoms with Gasteiger partial charge in [-0.05, 0) is 63.2 Å². The van der Waals surface area contributed by atoms with E-state index in [1.165, 1.54) is 56.6 Å². The summed E-state index contributed by atoms with van der Waals surface area (Å²) in [6, 6.07) is 30.9. The minimum atomic E-state index is -4.01. The highest BCUT2D eigenvalue weighted by Gasteiger charge is 2.26. The van der Waals surface area contributed by atoms with Crippen LogP contribution in [0.5, 0.6) is 0 Å². The van der Waals surface area contributed by atoms with Crippen LogP contribution < -0.4 is 10.1 Å². The molecular weight excluding hydrogens is 502 g/mol. The number of rotatable bonds is 8. The summed E-state index contributed by atoms with van der Waals surface area (Å²) in [5.74, 6) is 0.847. The minimum absolute atomic E-state index is 0.133. The van der Waals surface area contributed by atoms with Crippen LogP contribution in [0.3, 0.4) is 0 Å². The lowest BCUT2D eigenvalue weighted by molar-refractivity contribution is -0.518. The van der Waals surface area contributed by atoms with Crippen molar-refractivity contribution in [3.8, 4) is 0 Å². The van der Waals surface area contributed by atoms with E-state index < -0.39 is 15.1 Å². The molecule has 2 unspecified atom stereocenters. The van der Waals surface area contributed by atoms with Crippen LogP contribution in [0.25, 0.3) is 10.8 Å². The third-order valence-electron chi connectivity index (χ3n) is 6.79. The predicted molar refractivity (Wildman–Crippen MR) is 148 cm³/mol. The molecule has 38 heavy (non-hydrogen) atoms. The summed E-state index contributed by atoms with van der Waals surface area (Å²) in [4.78, 5) is 11.0. The maximum absolute atomic E-state index is 11.1. The Balaban J connectivity index is 0.000000219. The molecule has 0 radical (unpaired) electrons. The average molecular weight is 534 g/mol. The predicted octanol–water partition coefficient (Wildman–Crippen LogP) is 4.74. The Kier molecular flexibility index (Phi) is 9.06. The Morgan fingerprint density at radius 2 is 1.42 bits per heavy atom. The van der Waals surface area contributed by atoms with Crippen molar-refractivity contribution < 1.29 is 18.6 Å². The molecule has 9 heteroatoms. The highest BCUT2D eigenvalue weighted by atomic mass is 32.2. The van der Waals surface area contributed by atoms with Crippen molar-refractivity contribution in [2.75, 3.05) is 13.2 Å². The first-order chi connectivity index (χ1) is 18.4. The zero-order chi connectivity index (χ0) is 27.0. The number of aliphatic hydroxyl groups excluding tert-OH is 1. The molecule has 8 nitrogen and oxygen atoms in total. The maximum atomic E-state index is 11.1. The monoisotopic (exact) mass is 533 g/mol. The largest absolute Gasteiger partial charge is 0.396 e. The fourth-order valence-corrected chi connectivity index (χ4v) is 5.76. The molecule has 0 bridgehead atoms. The standard InChI is InChI=1S/C23H25NO.C6H6N2O4S/c25-16-20-13-12-19(22-10-3-4-11-23(20)22)15-24-14-18-8-5-7-17-6-1-2-9-21(17)18;9-8(10)7-13(11,12)6-4-2-1-3-5-6/h1-11,19-20,24-25H,12-16H2;1-5,7H. The summed E-state index contributed by atoms with van der Waals surface area (Å²) < 4.78 is 22.2. The molecule has 3 N–H and O–H groups in total. The second kappa shape index (κ2) is 12.6. The molecule has 5 rings (SSSR count). The number of hydrazine groups is 1. The van der Waals surface area contributed by atoms with E-state index in [1.807, 2.05) is 0 Å². The molecule has 0 saturated carbocycles. The van der Waals surface area contributed by atoms with Crippen molar-refractivity contribution in [2.45, 2.75) is 36.1 Å². The molecule has 0 fully saturated rings. The van der Waals surface area contributed by atoms with Crippen LogP contribution in [0, 0.1) is 10.1 Å². The van der Waals surface area contributed by atoms with E-state index in [-0.39, 0.29) is 11.5 Å². The Morgan fingerprint density at radius 3 is 2.13 bits per heavy atom. The first-order valence-corrected chi connectivity index (χ1v) is 14.0. The fraction of sp³-hybridized carbons (Fsp3) is 0.241. The van der Waals surface area contributed by atoms with E-state index in [1.54, 1.807) is 6.07 Å². The molecule has 4 aromatic rings. The smallest absolute Gasteiger partial charge is 0.311 e. The quantitative estimate of drug-likeness (QED) is 0.222. The van der Waals surface area contributed by atoms with Crippen molar-refractivity contribution in [3.63, 3.8) is 0 Å². The summed E-state index contributed by atoms with van der Waals surface area (Å²) in [5, 5.41) is 24.7. The average Bonchev–Trinajstić information content (AvgIpc) is 2.93. The van der Waals surface area contributed by atoms with Crippen molar-refractivity contribution in [3.05, 3.63) is 124 Å². The van der Waals surface area contributed by atoms with Crippen molar-refractivity contribution >= 4 is 20.8 Å². The van der Waals surface area contributed by atoms with Crippen molar-refractivity contribution in [2.24, 2.45) is 0 Å². The van der Waals surface area contributed by atoms with Crippen LogP contribution in [-0.4, -0.2) is 31.7 Å². The van der Waals surface area contributed by atoms with Gasteiger partial charge in [-0.25, -0.2) is 10.1 Å². The van der Waals surface area contributed by atoms with Gasteiger partial charge in [-0.3, -0.25) is 0 Å². The van der Waals surface area contributed by atoms with Gasteiger partial charge < -0.3 is 10.4 Å². The molecule has 198 valence electrons. The van der Waals surface area contributed by atoms with Crippen LogP contribution in [-0.2, 0) is 16.6 Å². The summed E-state index contributed by atoms with van der Waals surface area (Å²) in [6.07, 6.45) is 2.22. The van der Waals surface area contributed by atoms with Crippen LogP contribution in [0.4, 0.5) is 0 Å². The molecule has 4 aromatic carbocycles. The number of nitrogens with zero attached hydrogens (tertiary/aromatic N) is 1. The fourth-order valence-electron chi connectivity index (χ4n) is 4.95. The second-order valence-corrected chi connectivity index (χ2v) is 10.9.